The van der Waals surface area contributed by atoms with Crippen molar-refractivity contribution in [1.29, 1.82) is 0 Å². The summed E-state index contributed by atoms with van der Waals surface area (Å²) >= 11 is 1.66. The van der Waals surface area contributed by atoms with E-state index < -0.39 is 0 Å². The molecule has 1 saturated heterocycles. The molecule has 1 aliphatic heterocycles. The van der Waals surface area contributed by atoms with Gasteiger partial charge in [0.1, 0.15) is 0 Å². The minimum absolute atomic E-state index is 0.0353. The average molecular weight is 303 g/mol. The molecular formula is C15H17N3O2S. The Labute approximate surface area is 127 Å². The second kappa shape index (κ2) is 4.94. The lowest BCUT2D eigenvalue weighted by Crippen LogP contribution is -2.30. The Morgan fingerprint density at radius 2 is 2.33 bits per heavy atom. The Hall–Kier alpha value is -1.69. The van der Waals surface area contributed by atoms with Crippen molar-refractivity contribution in [2.45, 2.75) is 45.1 Å². The molecule has 1 unspecified atom stereocenters. The van der Waals surface area contributed by atoms with E-state index in [4.69, 9.17) is 4.52 Å². The number of aromatic nitrogens is 2. The van der Waals surface area contributed by atoms with Gasteiger partial charge in [0.15, 0.2) is 5.82 Å². The molecule has 0 saturated carbocycles. The first-order valence-corrected chi connectivity index (χ1v) is 8.27. The minimum atomic E-state index is -0.0353. The van der Waals surface area contributed by atoms with Gasteiger partial charge in [0.25, 0.3) is 5.91 Å². The monoisotopic (exact) mass is 303 g/mol. The van der Waals surface area contributed by atoms with Crippen LogP contribution in [0, 0.1) is 6.92 Å². The van der Waals surface area contributed by atoms with Crippen LogP contribution in [-0.2, 0) is 12.8 Å². The van der Waals surface area contributed by atoms with E-state index >= 15 is 0 Å². The number of nitrogens with zero attached hydrogens (tertiary/aromatic N) is 3. The summed E-state index contributed by atoms with van der Waals surface area (Å²) in [4.78, 5) is 21.3. The Morgan fingerprint density at radius 3 is 3.10 bits per heavy atom. The van der Waals surface area contributed by atoms with Gasteiger partial charge in [-0.1, -0.05) is 5.16 Å². The molecule has 5 nitrogen and oxygen atoms in total. The summed E-state index contributed by atoms with van der Waals surface area (Å²) in [5, 5.41) is 4.00. The summed E-state index contributed by atoms with van der Waals surface area (Å²) in [6.45, 7) is 2.56. The van der Waals surface area contributed by atoms with Gasteiger partial charge in [0.05, 0.1) is 10.9 Å². The summed E-state index contributed by atoms with van der Waals surface area (Å²) in [7, 11) is 0. The van der Waals surface area contributed by atoms with Crippen LogP contribution in [0.3, 0.4) is 0 Å². The van der Waals surface area contributed by atoms with Gasteiger partial charge in [-0.25, -0.2) is 0 Å². The highest BCUT2D eigenvalue weighted by atomic mass is 32.1. The second-order valence-corrected chi connectivity index (χ2v) is 6.88. The Bertz CT molecular complexity index is 669. The van der Waals surface area contributed by atoms with Crippen LogP contribution in [0.1, 0.15) is 57.1 Å². The van der Waals surface area contributed by atoms with E-state index in [2.05, 4.69) is 16.2 Å². The quantitative estimate of drug-likeness (QED) is 0.856. The zero-order valence-electron chi connectivity index (χ0n) is 12.0. The number of carbonyl (C=O) groups excluding carboxylic acids is 1. The van der Waals surface area contributed by atoms with Crippen LogP contribution in [0.25, 0.3) is 0 Å². The summed E-state index contributed by atoms with van der Waals surface area (Å²) in [6, 6.07) is 2.05. The molecule has 110 valence electrons. The molecular weight excluding hydrogens is 286 g/mol. The fourth-order valence-corrected chi connectivity index (χ4v) is 4.51. The number of carbonyl (C=O) groups is 1. The molecule has 2 aliphatic rings. The first kappa shape index (κ1) is 13.0. The third-order valence-electron chi connectivity index (χ3n) is 4.31. The van der Waals surface area contributed by atoms with E-state index in [9.17, 15) is 4.79 Å². The maximum atomic E-state index is 12.8. The van der Waals surface area contributed by atoms with Crippen molar-refractivity contribution < 1.29 is 9.32 Å². The van der Waals surface area contributed by atoms with E-state index in [0.717, 1.165) is 37.1 Å². The molecule has 4 rings (SSSR count). The number of likely N-dealkylation sites (tertiary alicyclic amines) is 1. The molecule has 2 aromatic heterocycles. The lowest BCUT2D eigenvalue weighted by molar-refractivity contribution is 0.0733. The van der Waals surface area contributed by atoms with Crippen LogP contribution < -0.4 is 0 Å². The number of rotatable bonds is 2. The van der Waals surface area contributed by atoms with Crippen LogP contribution in [0.4, 0.5) is 0 Å². The minimum Gasteiger partial charge on any atom is -0.340 e. The molecule has 21 heavy (non-hydrogen) atoms. The van der Waals surface area contributed by atoms with Crippen molar-refractivity contribution in [2.75, 3.05) is 6.54 Å². The molecule has 1 amide bonds. The van der Waals surface area contributed by atoms with Gasteiger partial charge in [-0.15, -0.1) is 11.3 Å². The van der Waals surface area contributed by atoms with Crippen molar-refractivity contribution in [3.63, 3.8) is 0 Å². The highest BCUT2D eigenvalue weighted by molar-refractivity contribution is 7.14. The van der Waals surface area contributed by atoms with Crippen LogP contribution in [0.5, 0.6) is 0 Å². The summed E-state index contributed by atoms with van der Waals surface area (Å²) < 4.78 is 5.06. The van der Waals surface area contributed by atoms with Crippen molar-refractivity contribution in [3.05, 3.63) is 33.1 Å². The molecule has 0 N–H and O–H groups in total. The van der Waals surface area contributed by atoms with E-state index in [-0.39, 0.29) is 11.9 Å². The molecule has 6 heteroatoms. The number of amides is 1. The highest BCUT2D eigenvalue weighted by Gasteiger charge is 2.34. The predicted molar refractivity (Wildman–Crippen MR) is 78.4 cm³/mol. The number of fused-ring (bicyclic) bond motifs is 1. The van der Waals surface area contributed by atoms with Crippen molar-refractivity contribution in [3.8, 4) is 0 Å². The van der Waals surface area contributed by atoms with Crippen molar-refractivity contribution in [1.82, 2.24) is 15.0 Å². The smallest absolute Gasteiger partial charge is 0.264 e. The molecule has 0 radical (unpaired) electrons. The van der Waals surface area contributed by atoms with Crippen molar-refractivity contribution in [2.24, 2.45) is 0 Å². The van der Waals surface area contributed by atoms with Gasteiger partial charge in [-0.05, 0) is 43.7 Å². The third kappa shape index (κ3) is 2.18. The second-order valence-electron chi connectivity index (χ2n) is 5.74. The Kier molecular flexibility index (Phi) is 3.06. The zero-order chi connectivity index (χ0) is 14.4. The van der Waals surface area contributed by atoms with Crippen LogP contribution in [-0.4, -0.2) is 27.5 Å². The molecule has 1 fully saturated rings. The topological polar surface area (TPSA) is 59.2 Å². The zero-order valence-corrected chi connectivity index (χ0v) is 12.8. The van der Waals surface area contributed by atoms with E-state index in [1.165, 1.54) is 16.9 Å². The number of aryl methyl sites for hydroxylation is 3. The lowest BCUT2D eigenvalue weighted by Gasteiger charge is -2.21. The van der Waals surface area contributed by atoms with Gasteiger partial charge in [0, 0.05) is 18.3 Å². The lowest BCUT2D eigenvalue weighted by atomic mass is 10.2. The maximum Gasteiger partial charge on any atom is 0.264 e. The molecule has 0 aromatic carbocycles. The summed E-state index contributed by atoms with van der Waals surface area (Å²) in [5.74, 6) is 1.32. The summed E-state index contributed by atoms with van der Waals surface area (Å²) in [6.07, 6.45) is 5.38. The molecule has 1 atom stereocenters. The van der Waals surface area contributed by atoms with E-state index in [1.54, 1.807) is 18.3 Å². The van der Waals surface area contributed by atoms with Gasteiger partial charge in [-0.2, -0.15) is 4.98 Å². The Morgan fingerprint density at radius 1 is 1.43 bits per heavy atom. The fourth-order valence-electron chi connectivity index (χ4n) is 3.30. The van der Waals surface area contributed by atoms with Gasteiger partial charge >= 0.3 is 0 Å². The molecule has 2 aromatic rings. The van der Waals surface area contributed by atoms with Gasteiger partial charge < -0.3 is 9.42 Å². The van der Waals surface area contributed by atoms with Crippen molar-refractivity contribution >= 4 is 17.2 Å². The maximum absolute atomic E-state index is 12.8. The SMILES string of the molecule is Cc1nc(C2CCCN2C(=O)c2cc3c(s2)CCC3)no1. The first-order valence-electron chi connectivity index (χ1n) is 7.45. The molecule has 3 heterocycles. The standard InChI is InChI=1S/C15H17N3O2S/c1-9-16-14(17-20-9)11-5-3-7-18(11)15(19)13-8-10-4-2-6-12(10)21-13/h8,11H,2-7H2,1H3. The van der Waals surface area contributed by atoms with Gasteiger partial charge in [-0.3, -0.25) is 4.79 Å². The highest BCUT2D eigenvalue weighted by Crippen LogP contribution is 2.35. The average Bonchev–Trinajstić information content (AvgIpc) is 3.20. The summed E-state index contributed by atoms with van der Waals surface area (Å²) in [5.41, 5.74) is 1.37. The predicted octanol–water partition coefficient (Wildman–Crippen LogP) is 2.91. The molecule has 0 spiro atoms. The molecule has 1 aliphatic carbocycles. The number of hydrogen-bond acceptors (Lipinski definition) is 5. The fraction of sp³-hybridized carbons (Fsp3) is 0.533. The van der Waals surface area contributed by atoms with E-state index in [1.807, 2.05) is 4.90 Å². The number of thiophene rings is 1. The van der Waals surface area contributed by atoms with Crippen LogP contribution in [0.15, 0.2) is 10.6 Å². The van der Waals surface area contributed by atoms with Crippen LogP contribution >= 0.6 is 11.3 Å². The Balaban J connectivity index is 1.60. The largest absolute Gasteiger partial charge is 0.340 e. The van der Waals surface area contributed by atoms with E-state index in [0.29, 0.717) is 11.7 Å². The van der Waals surface area contributed by atoms with Gasteiger partial charge in [0.2, 0.25) is 5.89 Å². The first-order chi connectivity index (χ1) is 10.2. The normalized spacial score (nSPS) is 21.0. The third-order valence-corrected chi connectivity index (χ3v) is 5.54. The number of hydrogen-bond donors (Lipinski definition) is 0. The van der Waals surface area contributed by atoms with Crippen LogP contribution in [0.2, 0.25) is 0 Å². The molecule has 0 bridgehead atoms.